The molecule has 2 amide bonds. The van der Waals surface area contributed by atoms with Crippen LogP contribution >= 0.6 is 11.3 Å². The van der Waals surface area contributed by atoms with Crippen LogP contribution in [0.4, 0.5) is 4.39 Å². The second-order valence-electron chi connectivity index (χ2n) is 7.19. The summed E-state index contributed by atoms with van der Waals surface area (Å²) in [5.41, 5.74) is 0.818. The minimum Gasteiger partial charge on any atom is -0.346 e. The van der Waals surface area contributed by atoms with E-state index in [1.165, 1.54) is 23.5 Å². The van der Waals surface area contributed by atoms with E-state index in [-0.39, 0.29) is 17.6 Å². The maximum absolute atomic E-state index is 12.9. The molecule has 1 aliphatic carbocycles. The van der Waals surface area contributed by atoms with Crippen molar-refractivity contribution in [2.45, 2.75) is 25.9 Å². The molecule has 4 rings (SSSR count). The first-order valence-corrected chi connectivity index (χ1v) is 10.3. The molecule has 1 N–H and O–H groups in total. The number of carbonyl (C=O) groups is 2. The van der Waals surface area contributed by atoms with Gasteiger partial charge in [-0.2, -0.15) is 0 Å². The van der Waals surface area contributed by atoms with Gasteiger partial charge < -0.3 is 10.2 Å². The van der Waals surface area contributed by atoms with Gasteiger partial charge in [0.1, 0.15) is 10.8 Å². The zero-order chi connectivity index (χ0) is 19.5. The van der Waals surface area contributed by atoms with Crippen molar-refractivity contribution in [2.75, 3.05) is 26.2 Å². The summed E-state index contributed by atoms with van der Waals surface area (Å²) in [7, 11) is 0. The fourth-order valence-corrected chi connectivity index (χ4v) is 3.97. The molecule has 0 atom stereocenters. The SMILES string of the molecule is O=C(NCc1ccc(F)cc1)c1nnc(CN2CCN(C(=O)C3CC3)CC2)s1. The smallest absolute Gasteiger partial charge is 0.282 e. The normalized spacial score (nSPS) is 17.5. The monoisotopic (exact) mass is 403 g/mol. The number of nitrogens with one attached hydrogen (secondary N) is 1. The molecule has 0 spiro atoms. The van der Waals surface area contributed by atoms with Crippen molar-refractivity contribution in [2.24, 2.45) is 5.92 Å². The Balaban J connectivity index is 1.24. The Morgan fingerprint density at radius 1 is 1.11 bits per heavy atom. The third kappa shape index (κ3) is 4.71. The molecule has 0 bridgehead atoms. The number of piperazine rings is 1. The predicted molar refractivity (Wildman–Crippen MR) is 102 cm³/mol. The van der Waals surface area contributed by atoms with Crippen LogP contribution in [-0.2, 0) is 17.9 Å². The summed E-state index contributed by atoms with van der Waals surface area (Å²) in [5.74, 6) is -0.0177. The Morgan fingerprint density at radius 3 is 2.50 bits per heavy atom. The first kappa shape index (κ1) is 18.9. The van der Waals surface area contributed by atoms with Gasteiger partial charge in [-0.25, -0.2) is 4.39 Å². The van der Waals surface area contributed by atoms with E-state index in [0.717, 1.165) is 49.6 Å². The van der Waals surface area contributed by atoms with E-state index < -0.39 is 0 Å². The molecule has 148 valence electrons. The Hall–Kier alpha value is -2.39. The molecular weight excluding hydrogens is 381 g/mol. The Kier molecular flexibility index (Phi) is 5.63. The summed E-state index contributed by atoms with van der Waals surface area (Å²) in [5, 5.41) is 12.0. The van der Waals surface area contributed by atoms with Crippen LogP contribution < -0.4 is 5.32 Å². The van der Waals surface area contributed by atoms with Crippen LogP contribution in [0, 0.1) is 11.7 Å². The van der Waals surface area contributed by atoms with E-state index in [2.05, 4.69) is 20.4 Å². The van der Waals surface area contributed by atoms with Gasteiger partial charge in [0.05, 0.1) is 6.54 Å². The molecule has 2 aromatic rings. The van der Waals surface area contributed by atoms with E-state index in [4.69, 9.17) is 0 Å². The lowest BCUT2D eigenvalue weighted by atomic mass is 10.2. The van der Waals surface area contributed by atoms with Gasteiger partial charge in [0.2, 0.25) is 10.9 Å². The minimum atomic E-state index is -0.304. The summed E-state index contributed by atoms with van der Waals surface area (Å²) < 4.78 is 12.9. The fraction of sp³-hybridized carbons (Fsp3) is 0.474. The number of hydrogen-bond acceptors (Lipinski definition) is 6. The van der Waals surface area contributed by atoms with Crippen molar-refractivity contribution < 1.29 is 14.0 Å². The molecular formula is C19H22FN5O2S. The summed E-state index contributed by atoms with van der Waals surface area (Å²) in [6.45, 7) is 4.06. The molecule has 9 heteroatoms. The second-order valence-corrected chi connectivity index (χ2v) is 8.25. The second kappa shape index (κ2) is 8.32. The van der Waals surface area contributed by atoms with Gasteiger partial charge in [0.15, 0.2) is 0 Å². The van der Waals surface area contributed by atoms with Crippen molar-refractivity contribution in [3.63, 3.8) is 0 Å². The predicted octanol–water partition coefficient (Wildman–Crippen LogP) is 1.66. The van der Waals surface area contributed by atoms with Crippen molar-refractivity contribution in [1.29, 1.82) is 0 Å². The first-order valence-electron chi connectivity index (χ1n) is 9.44. The minimum absolute atomic E-state index is 0.269. The number of hydrogen-bond donors (Lipinski definition) is 1. The van der Waals surface area contributed by atoms with Crippen LogP contribution in [0.25, 0.3) is 0 Å². The Labute approximate surface area is 166 Å². The summed E-state index contributed by atoms with van der Waals surface area (Å²) in [6, 6.07) is 5.99. The van der Waals surface area contributed by atoms with Crippen LogP contribution in [0.5, 0.6) is 0 Å². The van der Waals surface area contributed by atoms with E-state index >= 15 is 0 Å². The molecule has 28 heavy (non-hydrogen) atoms. The van der Waals surface area contributed by atoms with Crippen molar-refractivity contribution in [1.82, 2.24) is 25.3 Å². The van der Waals surface area contributed by atoms with Crippen molar-refractivity contribution in [3.8, 4) is 0 Å². The van der Waals surface area contributed by atoms with Crippen LogP contribution in [0.3, 0.4) is 0 Å². The number of halogens is 1. The highest BCUT2D eigenvalue weighted by atomic mass is 32.1. The Morgan fingerprint density at radius 2 is 1.82 bits per heavy atom. The maximum atomic E-state index is 12.9. The average molecular weight is 403 g/mol. The van der Waals surface area contributed by atoms with E-state index in [0.29, 0.717) is 24.0 Å². The molecule has 7 nitrogen and oxygen atoms in total. The summed E-state index contributed by atoms with van der Waals surface area (Å²) >= 11 is 1.28. The van der Waals surface area contributed by atoms with Gasteiger partial charge in [0.25, 0.3) is 5.91 Å². The molecule has 0 unspecified atom stereocenters. The van der Waals surface area contributed by atoms with Gasteiger partial charge in [-0.15, -0.1) is 10.2 Å². The fourth-order valence-electron chi connectivity index (χ4n) is 3.18. The van der Waals surface area contributed by atoms with Crippen LogP contribution in [0.2, 0.25) is 0 Å². The molecule has 0 radical (unpaired) electrons. The third-order valence-corrected chi connectivity index (χ3v) is 5.90. The highest BCUT2D eigenvalue weighted by molar-refractivity contribution is 7.13. The van der Waals surface area contributed by atoms with E-state index in [9.17, 15) is 14.0 Å². The standard InChI is InChI=1S/C19H22FN5O2S/c20-15-5-1-13(2-6-15)11-21-17(26)18-23-22-16(28-18)12-24-7-9-25(10-8-24)19(27)14-3-4-14/h1-2,5-6,14H,3-4,7-12H2,(H,21,26). The number of aromatic nitrogens is 2. The topological polar surface area (TPSA) is 78.4 Å². The van der Waals surface area contributed by atoms with E-state index in [1.54, 1.807) is 12.1 Å². The molecule has 2 fully saturated rings. The molecule has 2 aliphatic rings. The van der Waals surface area contributed by atoms with Gasteiger partial charge in [-0.3, -0.25) is 14.5 Å². The lowest BCUT2D eigenvalue weighted by Gasteiger charge is -2.34. The van der Waals surface area contributed by atoms with Crippen LogP contribution in [-0.4, -0.2) is 58.0 Å². The molecule has 1 aliphatic heterocycles. The third-order valence-electron chi connectivity index (χ3n) is 5.00. The number of amides is 2. The Bertz CT molecular complexity index is 844. The van der Waals surface area contributed by atoms with E-state index in [1.807, 2.05) is 4.90 Å². The summed E-state index contributed by atoms with van der Waals surface area (Å²) in [4.78, 5) is 28.5. The quantitative estimate of drug-likeness (QED) is 0.794. The molecule has 1 saturated carbocycles. The van der Waals surface area contributed by atoms with Gasteiger partial charge in [-0.1, -0.05) is 23.5 Å². The van der Waals surface area contributed by atoms with Crippen molar-refractivity contribution in [3.05, 3.63) is 45.7 Å². The lowest BCUT2D eigenvalue weighted by Crippen LogP contribution is -2.48. The first-order chi connectivity index (χ1) is 13.6. The number of carbonyl (C=O) groups excluding carboxylic acids is 2. The number of nitrogens with zero attached hydrogens (tertiary/aromatic N) is 4. The average Bonchev–Trinajstić information content (AvgIpc) is 3.46. The van der Waals surface area contributed by atoms with Gasteiger partial charge >= 0.3 is 0 Å². The molecule has 2 heterocycles. The molecule has 1 aromatic carbocycles. The zero-order valence-electron chi connectivity index (χ0n) is 15.4. The van der Waals surface area contributed by atoms with Crippen molar-refractivity contribution >= 4 is 23.2 Å². The number of benzene rings is 1. The molecule has 1 saturated heterocycles. The largest absolute Gasteiger partial charge is 0.346 e. The highest BCUT2D eigenvalue weighted by Crippen LogP contribution is 2.31. The van der Waals surface area contributed by atoms with Crippen LogP contribution in [0.1, 0.15) is 33.2 Å². The number of rotatable bonds is 6. The van der Waals surface area contributed by atoms with Gasteiger partial charge in [0, 0.05) is 38.6 Å². The zero-order valence-corrected chi connectivity index (χ0v) is 16.3. The molecule has 1 aromatic heterocycles. The van der Waals surface area contributed by atoms with Gasteiger partial charge in [-0.05, 0) is 30.5 Å². The maximum Gasteiger partial charge on any atom is 0.282 e. The summed E-state index contributed by atoms with van der Waals surface area (Å²) in [6.07, 6.45) is 2.08. The van der Waals surface area contributed by atoms with Crippen LogP contribution in [0.15, 0.2) is 24.3 Å². The highest BCUT2D eigenvalue weighted by Gasteiger charge is 2.34. The lowest BCUT2D eigenvalue weighted by molar-refractivity contribution is -0.134.